The maximum Gasteiger partial charge on any atom is 0.258 e. The Morgan fingerprint density at radius 3 is 2.61 bits per heavy atom. The normalized spacial score (nSPS) is 12.4. The van der Waals surface area contributed by atoms with Crippen LogP contribution in [0.5, 0.6) is 11.5 Å². The molecule has 0 radical (unpaired) electrons. The number of pyridine rings is 1. The Kier molecular flexibility index (Phi) is 6.06. The first-order valence-corrected chi connectivity index (χ1v) is 10.5. The molecule has 3 aromatic rings. The minimum Gasteiger partial charge on any atom is -0.486 e. The molecule has 6 heteroatoms. The maximum absolute atomic E-state index is 13.0. The van der Waals surface area contributed by atoms with E-state index in [2.05, 4.69) is 18.3 Å². The van der Waals surface area contributed by atoms with Gasteiger partial charge in [-0.05, 0) is 42.3 Å². The lowest BCUT2D eigenvalue weighted by Gasteiger charge is -2.19. The number of aryl methyl sites for hydroxylation is 1. The van der Waals surface area contributed by atoms with E-state index in [0.717, 1.165) is 29.7 Å². The molecule has 1 N–H and O–H groups in total. The number of nitrogens with zero attached hydrogens (tertiary/aromatic N) is 2. The molecule has 158 valence electrons. The number of benzene rings is 2. The zero-order valence-electron chi connectivity index (χ0n) is 17.8. The van der Waals surface area contributed by atoms with Crippen molar-refractivity contribution in [3.05, 3.63) is 70.1 Å². The van der Waals surface area contributed by atoms with Gasteiger partial charge in [0.15, 0.2) is 11.5 Å². The molecule has 0 unspecified atom stereocenters. The molecule has 0 saturated carbocycles. The summed E-state index contributed by atoms with van der Waals surface area (Å²) in [5, 5.41) is 13.4. The Hall–Kier alpha value is -3.56. The van der Waals surface area contributed by atoms with Gasteiger partial charge in [-0.25, -0.2) is 0 Å². The molecule has 2 heterocycles. The van der Waals surface area contributed by atoms with Gasteiger partial charge < -0.3 is 19.4 Å². The van der Waals surface area contributed by atoms with Gasteiger partial charge in [-0.3, -0.25) is 4.79 Å². The van der Waals surface area contributed by atoms with Crippen LogP contribution in [0.15, 0.2) is 53.5 Å². The summed E-state index contributed by atoms with van der Waals surface area (Å²) >= 11 is 0. The molecule has 0 spiro atoms. The maximum atomic E-state index is 13.0. The average molecular weight is 415 g/mol. The zero-order valence-corrected chi connectivity index (χ0v) is 17.8. The molecule has 0 aliphatic carbocycles. The second-order valence-electron chi connectivity index (χ2n) is 7.55. The first-order valence-electron chi connectivity index (χ1n) is 10.5. The topological polar surface area (TPSA) is 76.3 Å². The van der Waals surface area contributed by atoms with Gasteiger partial charge in [0.25, 0.3) is 5.56 Å². The molecule has 1 aromatic heterocycles. The van der Waals surface area contributed by atoms with Crippen LogP contribution in [0.2, 0.25) is 0 Å². The first kappa shape index (κ1) is 20.7. The Morgan fingerprint density at radius 1 is 1.06 bits per heavy atom. The third-order valence-corrected chi connectivity index (χ3v) is 5.32. The van der Waals surface area contributed by atoms with E-state index < -0.39 is 0 Å². The van der Waals surface area contributed by atoms with Gasteiger partial charge in [-0.2, -0.15) is 5.26 Å². The summed E-state index contributed by atoms with van der Waals surface area (Å²) in [6, 6.07) is 15.5. The Bertz CT molecular complexity index is 1210. The molecule has 0 fully saturated rings. The van der Waals surface area contributed by atoms with Crippen molar-refractivity contribution in [1.82, 2.24) is 9.88 Å². The van der Waals surface area contributed by atoms with Gasteiger partial charge in [0.1, 0.15) is 19.3 Å². The van der Waals surface area contributed by atoms with Crippen molar-refractivity contribution in [2.75, 3.05) is 19.8 Å². The summed E-state index contributed by atoms with van der Waals surface area (Å²) in [5.74, 6) is 1.36. The van der Waals surface area contributed by atoms with Crippen molar-refractivity contribution in [3.8, 4) is 39.8 Å². The molecular weight excluding hydrogens is 390 g/mol. The Morgan fingerprint density at radius 2 is 1.84 bits per heavy atom. The highest BCUT2D eigenvalue weighted by molar-refractivity contribution is 5.82. The van der Waals surface area contributed by atoms with Crippen molar-refractivity contribution in [1.29, 1.82) is 5.26 Å². The van der Waals surface area contributed by atoms with Crippen molar-refractivity contribution in [2.24, 2.45) is 7.05 Å². The molecule has 2 aromatic carbocycles. The molecule has 4 rings (SSSR count). The predicted molar refractivity (Wildman–Crippen MR) is 120 cm³/mol. The number of hydrogen-bond acceptors (Lipinski definition) is 5. The van der Waals surface area contributed by atoms with E-state index in [1.807, 2.05) is 48.7 Å². The van der Waals surface area contributed by atoms with Gasteiger partial charge in [-0.1, -0.05) is 31.2 Å². The smallest absolute Gasteiger partial charge is 0.258 e. The molecule has 0 atom stereocenters. The number of nitrogens with one attached hydrogen (secondary N) is 1. The van der Waals surface area contributed by atoms with Gasteiger partial charge >= 0.3 is 0 Å². The summed E-state index contributed by atoms with van der Waals surface area (Å²) < 4.78 is 12.9. The summed E-state index contributed by atoms with van der Waals surface area (Å²) in [6.45, 7) is 4.70. The minimum absolute atomic E-state index is 0.130. The van der Waals surface area contributed by atoms with Gasteiger partial charge in [0.2, 0.25) is 0 Å². The van der Waals surface area contributed by atoms with Crippen LogP contribution in [-0.4, -0.2) is 24.3 Å². The summed E-state index contributed by atoms with van der Waals surface area (Å²) in [7, 11) is 1.74. The summed E-state index contributed by atoms with van der Waals surface area (Å²) in [4.78, 5) is 13.0. The fourth-order valence-corrected chi connectivity index (χ4v) is 3.83. The molecule has 6 nitrogen and oxygen atoms in total. The van der Waals surface area contributed by atoms with Crippen molar-refractivity contribution >= 4 is 0 Å². The Balaban J connectivity index is 1.81. The summed E-state index contributed by atoms with van der Waals surface area (Å²) in [6.07, 6.45) is 2.87. The first-order chi connectivity index (χ1) is 15.1. The van der Waals surface area contributed by atoms with E-state index in [-0.39, 0.29) is 5.56 Å². The average Bonchev–Trinajstić information content (AvgIpc) is 2.80. The fraction of sp³-hybridized carbons (Fsp3) is 0.280. The van der Waals surface area contributed by atoms with E-state index in [4.69, 9.17) is 9.47 Å². The molecule has 0 amide bonds. The zero-order chi connectivity index (χ0) is 21.8. The highest BCUT2D eigenvalue weighted by Gasteiger charge is 2.18. The van der Waals surface area contributed by atoms with E-state index >= 15 is 0 Å². The third kappa shape index (κ3) is 4.18. The molecule has 1 aliphatic heterocycles. The lowest BCUT2D eigenvalue weighted by Crippen LogP contribution is -2.22. The van der Waals surface area contributed by atoms with Crippen molar-refractivity contribution in [3.63, 3.8) is 0 Å². The van der Waals surface area contributed by atoms with Crippen LogP contribution in [0, 0.1) is 11.3 Å². The second kappa shape index (κ2) is 9.07. The van der Waals surface area contributed by atoms with E-state index in [0.29, 0.717) is 47.9 Å². The van der Waals surface area contributed by atoms with Crippen molar-refractivity contribution in [2.45, 2.75) is 19.9 Å². The minimum atomic E-state index is -0.130. The number of nitriles is 1. The van der Waals surface area contributed by atoms with Crippen LogP contribution in [0.1, 0.15) is 24.5 Å². The lowest BCUT2D eigenvalue weighted by atomic mass is 9.92. The second-order valence-corrected chi connectivity index (χ2v) is 7.55. The quantitative estimate of drug-likeness (QED) is 0.619. The van der Waals surface area contributed by atoms with Crippen molar-refractivity contribution < 1.29 is 9.47 Å². The van der Waals surface area contributed by atoms with Crippen LogP contribution >= 0.6 is 0 Å². The molecule has 0 saturated heterocycles. The largest absolute Gasteiger partial charge is 0.486 e. The highest BCUT2D eigenvalue weighted by Crippen LogP contribution is 2.37. The number of rotatable bonds is 6. The van der Waals surface area contributed by atoms with Crippen LogP contribution in [0.3, 0.4) is 0 Å². The van der Waals surface area contributed by atoms with Crippen LogP contribution < -0.4 is 20.3 Å². The predicted octanol–water partition coefficient (Wildman–Crippen LogP) is 3.86. The number of fused-ring (bicyclic) bond motifs is 1. The van der Waals surface area contributed by atoms with Crippen LogP contribution in [0.25, 0.3) is 22.3 Å². The summed E-state index contributed by atoms with van der Waals surface area (Å²) in [5.41, 5.74) is 4.10. The van der Waals surface area contributed by atoms with Gasteiger partial charge in [0, 0.05) is 36.5 Å². The standard InChI is InChI=1S/C25H25N3O3/c1-3-9-27-15-17-12-21(25(29)28(2)16-17)20-6-4-5-19(22(20)14-26)18-7-8-23-24(13-18)31-11-10-30-23/h4-8,12-13,16,27H,3,9-11,15H2,1-2H3. The van der Waals surface area contributed by atoms with E-state index in [9.17, 15) is 10.1 Å². The van der Waals surface area contributed by atoms with E-state index in [1.54, 1.807) is 11.6 Å². The monoisotopic (exact) mass is 415 g/mol. The molecule has 1 aliphatic rings. The lowest BCUT2D eigenvalue weighted by molar-refractivity contribution is 0.171. The van der Waals surface area contributed by atoms with Gasteiger partial charge in [-0.15, -0.1) is 0 Å². The van der Waals surface area contributed by atoms with Gasteiger partial charge in [0.05, 0.1) is 5.56 Å². The number of hydrogen-bond donors (Lipinski definition) is 1. The highest BCUT2D eigenvalue weighted by atomic mass is 16.6. The third-order valence-electron chi connectivity index (χ3n) is 5.32. The number of ether oxygens (including phenoxy) is 2. The SMILES string of the molecule is CCCNCc1cc(-c2cccc(-c3ccc4c(c3)OCCO4)c2C#N)c(=O)n(C)c1. The van der Waals surface area contributed by atoms with Crippen LogP contribution in [-0.2, 0) is 13.6 Å². The van der Waals surface area contributed by atoms with E-state index in [1.165, 1.54) is 0 Å². The van der Waals surface area contributed by atoms with Crippen LogP contribution in [0.4, 0.5) is 0 Å². The fourth-order valence-electron chi connectivity index (χ4n) is 3.83. The molecule has 0 bridgehead atoms. The number of aromatic nitrogens is 1. The molecule has 31 heavy (non-hydrogen) atoms. The Labute approximate surface area is 181 Å². The molecular formula is C25H25N3O3.